The lowest BCUT2D eigenvalue weighted by Gasteiger charge is -2.07. The Bertz CT molecular complexity index is 558. The SMILES string of the molecule is CNCc1cccc(SCc2ccc(Cl)cc2Cl)c1. The van der Waals surface area contributed by atoms with E-state index in [1.807, 2.05) is 19.2 Å². The van der Waals surface area contributed by atoms with Crippen molar-refractivity contribution in [3.05, 3.63) is 63.6 Å². The van der Waals surface area contributed by atoms with Crippen LogP contribution in [-0.2, 0) is 12.3 Å². The molecule has 0 aromatic heterocycles. The van der Waals surface area contributed by atoms with Crippen molar-refractivity contribution >= 4 is 35.0 Å². The predicted molar refractivity (Wildman–Crippen MR) is 85.2 cm³/mol. The summed E-state index contributed by atoms with van der Waals surface area (Å²) in [5, 5.41) is 4.56. The van der Waals surface area contributed by atoms with Crippen LogP contribution in [0.1, 0.15) is 11.1 Å². The van der Waals surface area contributed by atoms with Crippen molar-refractivity contribution in [2.24, 2.45) is 0 Å². The number of hydrogen-bond donors (Lipinski definition) is 1. The zero-order valence-corrected chi connectivity index (χ0v) is 12.9. The summed E-state index contributed by atoms with van der Waals surface area (Å²) in [6.45, 7) is 0.885. The molecule has 100 valence electrons. The highest BCUT2D eigenvalue weighted by molar-refractivity contribution is 7.98. The van der Waals surface area contributed by atoms with E-state index in [0.717, 1.165) is 22.9 Å². The standard InChI is InChI=1S/C15H15Cl2NS/c1-18-9-11-3-2-4-14(7-11)19-10-12-5-6-13(16)8-15(12)17/h2-8,18H,9-10H2,1H3. The van der Waals surface area contributed by atoms with Gasteiger partial charge in [0.15, 0.2) is 0 Å². The summed E-state index contributed by atoms with van der Waals surface area (Å²) in [4.78, 5) is 1.25. The molecule has 0 unspecified atom stereocenters. The second kappa shape index (κ2) is 7.20. The summed E-state index contributed by atoms with van der Waals surface area (Å²) in [6.07, 6.45) is 0. The molecule has 0 amide bonds. The Morgan fingerprint density at radius 3 is 2.68 bits per heavy atom. The third-order valence-electron chi connectivity index (χ3n) is 2.69. The molecule has 0 aliphatic carbocycles. The van der Waals surface area contributed by atoms with Crippen molar-refractivity contribution in [2.75, 3.05) is 7.05 Å². The summed E-state index contributed by atoms with van der Waals surface area (Å²) in [5.74, 6) is 0.846. The van der Waals surface area contributed by atoms with Gasteiger partial charge < -0.3 is 5.32 Å². The minimum Gasteiger partial charge on any atom is -0.316 e. The van der Waals surface area contributed by atoms with Gasteiger partial charge in [-0.25, -0.2) is 0 Å². The fourth-order valence-corrected chi connectivity index (χ4v) is 3.29. The molecule has 0 aliphatic rings. The van der Waals surface area contributed by atoms with Gasteiger partial charge in [-0.2, -0.15) is 0 Å². The molecule has 0 saturated heterocycles. The van der Waals surface area contributed by atoms with Crippen LogP contribution < -0.4 is 5.32 Å². The van der Waals surface area contributed by atoms with Crippen LogP contribution >= 0.6 is 35.0 Å². The highest BCUT2D eigenvalue weighted by atomic mass is 35.5. The maximum Gasteiger partial charge on any atom is 0.0461 e. The molecule has 0 radical (unpaired) electrons. The fourth-order valence-electron chi connectivity index (χ4n) is 1.75. The molecule has 4 heteroatoms. The molecule has 1 nitrogen and oxygen atoms in total. The zero-order valence-electron chi connectivity index (χ0n) is 10.6. The van der Waals surface area contributed by atoms with E-state index in [1.54, 1.807) is 17.8 Å². The van der Waals surface area contributed by atoms with Crippen molar-refractivity contribution in [3.8, 4) is 0 Å². The quantitative estimate of drug-likeness (QED) is 0.779. The van der Waals surface area contributed by atoms with Crippen LogP contribution in [0.3, 0.4) is 0 Å². The van der Waals surface area contributed by atoms with Crippen LogP contribution in [0.2, 0.25) is 10.0 Å². The number of halogens is 2. The number of thioether (sulfide) groups is 1. The molecule has 0 saturated carbocycles. The molecule has 2 rings (SSSR count). The molecule has 19 heavy (non-hydrogen) atoms. The summed E-state index contributed by atoms with van der Waals surface area (Å²) >= 11 is 13.8. The third kappa shape index (κ3) is 4.43. The molecular weight excluding hydrogens is 297 g/mol. The van der Waals surface area contributed by atoms with Crippen molar-refractivity contribution in [1.82, 2.24) is 5.32 Å². The van der Waals surface area contributed by atoms with Crippen LogP contribution in [0.15, 0.2) is 47.4 Å². The Morgan fingerprint density at radius 1 is 1.11 bits per heavy atom. The maximum atomic E-state index is 6.17. The van der Waals surface area contributed by atoms with Gasteiger partial charge in [0.2, 0.25) is 0 Å². The largest absolute Gasteiger partial charge is 0.316 e. The minimum absolute atomic E-state index is 0.676. The number of rotatable bonds is 5. The van der Waals surface area contributed by atoms with Gasteiger partial charge in [0.1, 0.15) is 0 Å². The van der Waals surface area contributed by atoms with E-state index in [4.69, 9.17) is 23.2 Å². The Kier molecular flexibility index (Phi) is 5.59. The van der Waals surface area contributed by atoms with Crippen LogP contribution in [-0.4, -0.2) is 7.05 Å². The van der Waals surface area contributed by atoms with Gasteiger partial charge in [-0.3, -0.25) is 0 Å². The van der Waals surface area contributed by atoms with Crippen LogP contribution in [0.5, 0.6) is 0 Å². The molecule has 0 aliphatic heterocycles. The van der Waals surface area contributed by atoms with E-state index in [0.29, 0.717) is 5.02 Å². The molecule has 1 N–H and O–H groups in total. The van der Waals surface area contributed by atoms with Crippen molar-refractivity contribution in [1.29, 1.82) is 0 Å². The molecule has 0 fully saturated rings. The summed E-state index contributed by atoms with van der Waals surface area (Å²) in [5.41, 5.74) is 2.39. The molecule has 0 atom stereocenters. The van der Waals surface area contributed by atoms with Gasteiger partial charge in [0.05, 0.1) is 0 Å². The second-order valence-electron chi connectivity index (χ2n) is 4.20. The number of benzene rings is 2. The highest BCUT2D eigenvalue weighted by Gasteiger charge is 2.03. The van der Waals surface area contributed by atoms with Gasteiger partial charge in [-0.15, -0.1) is 11.8 Å². The monoisotopic (exact) mass is 311 g/mol. The van der Waals surface area contributed by atoms with E-state index in [1.165, 1.54) is 10.5 Å². The Labute approximate surface area is 128 Å². The van der Waals surface area contributed by atoms with Gasteiger partial charge in [-0.05, 0) is 42.4 Å². The van der Waals surface area contributed by atoms with Gasteiger partial charge in [-0.1, -0.05) is 41.4 Å². The Balaban J connectivity index is 2.03. The minimum atomic E-state index is 0.676. The van der Waals surface area contributed by atoms with E-state index in [-0.39, 0.29) is 0 Å². The average molecular weight is 312 g/mol. The lowest BCUT2D eigenvalue weighted by Crippen LogP contribution is -2.04. The summed E-state index contributed by atoms with van der Waals surface area (Å²) < 4.78 is 0. The van der Waals surface area contributed by atoms with E-state index >= 15 is 0 Å². The second-order valence-corrected chi connectivity index (χ2v) is 6.09. The van der Waals surface area contributed by atoms with Crippen molar-refractivity contribution in [3.63, 3.8) is 0 Å². The van der Waals surface area contributed by atoms with E-state index in [9.17, 15) is 0 Å². The Morgan fingerprint density at radius 2 is 1.95 bits per heavy atom. The first-order chi connectivity index (χ1) is 9.19. The van der Waals surface area contributed by atoms with Crippen LogP contribution in [0, 0.1) is 0 Å². The summed E-state index contributed by atoms with van der Waals surface area (Å²) in [6, 6.07) is 14.2. The lowest BCUT2D eigenvalue weighted by atomic mass is 10.2. The first-order valence-electron chi connectivity index (χ1n) is 5.99. The normalized spacial score (nSPS) is 10.7. The number of nitrogens with one attached hydrogen (secondary N) is 1. The average Bonchev–Trinajstić information content (AvgIpc) is 2.38. The molecule has 0 heterocycles. The smallest absolute Gasteiger partial charge is 0.0461 e. The topological polar surface area (TPSA) is 12.0 Å². The maximum absolute atomic E-state index is 6.17. The lowest BCUT2D eigenvalue weighted by molar-refractivity contribution is 0.815. The van der Waals surface area contributed by atoms with Gasteiger partial charge in [0, 0.05) is 27.2 Å². The van der Waals surface area contributed by atoms with Gasteiger partial charge in [0.25, 0.3) is 0 Å². The van der Waals surface area contributed by atoms with Crippen LogP contribution in [0.25, 0.3) is 0 Å². The van der Waals surface area contributed by atoms with E-state index < -0.39 is 0 Å². The third-order valence-corrected chi connectivity index (χ3v) is 4.32. The van der Waals surface area contributed by atoms with E-state index in [2.05, 4.69) is 29.6 Å². The fraction of sp³-hybridized carbons (Fsp3) is 0.200. The Hall–Kier alpha value is -0.670. The first kappa shape index (κ1) is 14.7. The molecule has 0 spiro atoms. The van der Waals surface area contributed by atoms with Crippen LogP contribution in [0.4, 0.5) is 0 Å². The molecule has 2 aromatic carbocycles. The highest BCUT2D eigenvalue weighted by Crippen LogP contribution is 2.28. The zero-order chi connectivity index (χ0) is 13.7. The predicted octanol–water partition coefficient (Wildman–Crippen LogP) is 5.01. The van der Waals surface area contributed by atoms with Crippen molar-refractivity contribution < 1.29 is 0 Å². The molecule has 0 bridgehead atoms. The first-order valence-corrected chi connectivity index (χ1v) is 7.73. The molecular formula is C15H15Cl2NS. The number of hydrogen-bond acceptors (Lipinski definition) is 2. The van der Waals surface area contributed by atoms with Crippen molar-refractivity contribution in [2.45, 2.75) is 17.2 Å². The van der Waals surface area contributed by atoms with Gasteiger partial charge >= 0.3 is 0 Å². The molecule has 2 aromatic rings. The summed E-state index contributed by atoms with van der Waals surface area (Å²) in [7, 11) is 1.95.